The van der Waals surface area contributed by atoms with Crippen LogP contribution in [0.15, 0.2) is 41.8 Å². The van der Waals surface area contributed by atoms with E-state index < -0.39 is 18.2 Å². The van der Waals surface area contributed by atoms with Crippen LogP contribution in [0, 0.1) is 0 Å². The number of benzene rings is 1. The maximum Gasteiger partial charge on any atom is 0.264 e. The van der Waals surface area contributed by atoms with E-state index in [0.29, 0.717) is 22.9 Å². The van der Waals surface area contributed by atoms with Crippen molar-refractivity contribution < 1.29 is 28.6 Å². The van der Waals surface area contributed by atoms with Crippen molar-refractivity contribution in [3.8, 4) is 5.75 Å². The Morgan fingerprint density at radius 1 is 1.20 bits per heavy atom. The van der Waals surface area contributed by atoms with Crippen molar-refractivity contribution in [2.45, 2.75) is 25.7 Å². The molecule has 30 heavy (non-hydrogen) atoms. The molecule has 9 heteroatoms. The van der Waals surface area contributed by atoms with Gasteiger partial charge in [0.2, 0.25) is 5.91 Å². The quantitative estimate of drug-likeness (QED) is 0.447. The topological polar surface area (TPSA) is 85.4 Å². The molecule has 1 aliphatic rings. The summed E-state index contributed by atoms with van der Waals surface area (Å²) in [5.41, 5.74) is 0.439. The molecule has 0 spiro atoms. The fraction of sp³-hybridized carbons (Fsp3) is 0.381. The summed E-state index contributed by atoms with van der Waals surface area (Å²) in [6, 6.07) is 9.21. The van der Waals surface area contributed by atoms with E-state index in [9.17, 15) is 14.4 Å². The Kier molecular flexibility index (Phi) is 7.20. The highest BCUT2D eigenvalue weighted by atomic mass is 32.1. The van der Waals surface area contributed by atoms with E-state index in [1.165, 1.54) is 30.5 Å². The first-order valence-corrected chi connectivity index (χ1v) is 10.4. The number of carbonyl (C=O) groups is 3. The Hall–Kier alpha value is -2.75. The largest absolute Gasteiger partial charge is 0.494 e. The van der Waals surface area contributed by atoms with Crippen molar-refractivity contribution in [2.75, 3.05) is 32.3 Å². The highest BCUT2D eigenvalue weighted by molar-refractivity contribution is 7.12. The van der Waals surface area contributed by atoms with E-state index in [2.05, 4.69) is 0 Å². The highest BCUT2D eigenvalue weighted by Crippen LogP contribution is 2.29. The highest BCUT2D eigenvalue weighted by Gasteiger charge is 2.45. The first-order valence-electron chi connectivity index (χ1n) is 9.49. The summed E-state index contributed by atoms with van der Waals surface area (Å²) in [5.74, 6) is -0.525. The average molecular weight is 432 g/mol. The van der Waals surface area contributed by atoms with Gasteiger partial charge in [0.1, 0.15) is 11.8 Å². The van der Waals surface area contributed by atoms with E-state index in [1.54, 1.807) is 41.8 Å². The number of ether oxygens (including phenoxy) is 3. The molecule has 1 atom stereocenters. The van der Waals surface area contributed by atoms with E-state index in [1.807, 2.05) is 6.92 Å². The zero-order valence-corrected chi connectivity index (χ0v) is 17.9. The lowest BCUT2D eigenvalue weighted by Crippen LogP contribution is -2.49. The van der Waals surface area contributed by atoms with Crippen LogP contribution in [-0.2, 0) is 19.1 Å². The van der Waals surface area contributed by atoms with Gasteiger partial charge in [0.25, 0.3) is 11.8 Å². The van der Waals surface area contributed by atoms with Crippen LogP contribution < -0.4 is 9.64 Å². The Balaban J connectivity index is 1.87. The second-order valence-corrected chi connectivity index (χ2v) is 7.50. The number of nitrogens with zero attached hydrogens (tertiary/aromatic N) is 2. The molecule has 3 rings (SSSR count). The third-order valence-corrected chi connectivity index (χ3v) is 5.63. The van der Waals surface area contributed by atoms with Crippen molar-refractivity contribution >= 4 is 34.7 Å². The van der Waals surface area contributed by atoms with Crippen molar-refractivity contribution in [2.24, 2.45) is 0 Å². The molecule has 0 bridgehead atoms. The summed E-state index contributed by atoms with van der Waals surface area (Å²) in [6.45, 7) is 2.41. The molecule has 1 aromatic heterocycles. The van der Waals surface area contributed by atoms with Gasteiger partial charge in [-0.15, -0.1) is 11.3 Å². The molecule has 1 aromatic carbocycles. The van der Waals surface area contributed by atoms with Crippen molar-refractivity contribution in [3.05, 3.63) is 46.7 Å². The normalized spacial score (nSPS) is 16.4. The van der Waals surface area contributed by atoms with Gasteiger partial charge in [0, 0.05) is 14.2 Å². The minimum absolute atomic E-state index is 0.0184. The van der Waals surface area contributed by atoms with E-state index >= 15 is 0 Å². The molecule has 0 N–H and O–H groups in total. The van der Waals surface area contributed by atoms with Gasteiger partial charge < -0.3 is 19.1 Å². The number of imide groups is 1. The van der Waals surface area contributed by atoms with E-state index in [-0.39, 0.29) is 24.8 Å². The second kappa shape index (κ2) is 9.84. The smallest absolute Gasteiger partial charge is 0.264 e. The van der Waals surface area contributed by atoms with Crippen molar-refractivity contribution in [1.82, 2.24) is 4.90 Å². The van der Waals surface area contributed by atoms with Crippen LogP contribution in [0.25, 0.3) is 0 Å². The van der Waals surface area contributed by atoms with Crippen molar-refractivity contribution in [1.29, 1.82) is 0 Å². The fourth-order valence-electron chi connectivity index (χ4n) is 3.29. The summed E-state index contributed by atoms with van der Waals surface area (Å²) < 4.78 is 15.9. The van der Waals surface area contributed by atoms with Gasteiger partial charge >= 0.3 is 0 Å². The zero-order valence-electron chi connectivity index (χ0n) is 17.1. The number of thiophene rings is 1. The zero-order chi connectivity index (χ0) is 21.7. The third kappa shape index (κ3) is 4.53. The molecule has 2 heterocycles. The van der Waals surface area contributed by atoms with Gasteiger partial charge in [-0.2, -0.15) is 0 Å². The molecule has 1 fully saturated rings. The van der Waals surface area contributed by atoms with Crippen LogP contribution in [-0.4, -0.2) is 62.3 Å². The maximum absolute atomic E-state index is 13.2. The lowest BCUT2D eigenvalue weighted by Gasteiger charge is -2.29. The maximum atomic E-state index is 13.2. The lowest BCUT2D eigenvalue weighted by atomic mass is 10.2. The van der Waals surface area contributed by atoms with Gasteiger partial charge in [-0.3, -0.25) is 14.4 Å². The predicted molar refractivity (Wildman–Crippen MR) is 112 cm³/mol. The van der Waals surface area contributed by atoms with Crippen molar-refractivity contribution in [3.63, 3.8) is 0 Å². The molecular formula is C21H24N2O6S. The Bertz CT molecular complexity index is 879. The van der Waals surface area contributed by atoms with E-state index in [4.69, 9.17) is 14.2 Å². The number of methoxy groups -OCH3 is 2. The molecule has 1 saturated heterocycles. The lowest BCUT2D eigenvalue weighted by molar-refractivity contribution is -0.128. The molecular weight excluding hydrogens is 408 g/mol. The number of carbonyl (C=O) groups excluding carboxylic acids is 3. The summed E-state index contributed by atoms with van der Waals surface area (Å²) in [5, 5.41) is 1.78. The summed E-state index contributed by atoms with van der Waals surface area (Å²) in [7, 11) is 2.91. The van der Waals surface area contributed by atoms with Crippen LogP contribution in [0.5, 0.6) is 5.75 Å². The molecule has 160 valence electrons. The number of amides is 3. The summed E-state index contributed by atoms with van der Waals surface area (Å²) in [4.78, 5) is 42.0. The molecule has 1 aliphatic heterocycles. The van der Waals surface area contributed by atoms with Crippen LogP contribution in [0.3, 0.4) is 0 Å². The second-order valence-electron chi connectivity index (χ2n) is 6.55. The van der Waals surface area contributed by atoms with Crippen LogP contribution in [0.4, 0.5) is 5.69 Å². The minimum Gasteiger partial charge on any atom is -0.494 e. The van der Waals surface area contributed by atoms with Gasteiger partial charge in [-0.1, -0.05) is 6.07 Å². The number of hydrogen-bond donors (Lipinski definition) is 0. The standard InChI is InChI=1S/C21H24N2O6S/c1-4-29-15-9-7-14(8-10-15)23-18(24)12-16(20(23)25)22(13-19(27-2)28-3)21(26)17-6-5-11-30-17/h5-11,16,19H,4,12-13H2,1-3H3. The van der Waals surface area contributed by atoms with Gasteiger partial charge in [-0.25, -0.2) is 4.90 Å². The number of anilines is 1. The first kappa shape index (κ1) is 21.9. The third-order valence-electron chi connectivity index (χ3n) is 4.77. The molecule has 2 aromatic rings. The van der Waals surface area contributed by atoms with E-state index in [0.717, 1.165) is 4.90 Å². The van der Waals surface area contributed by atoms with Crippen LogP contribution in [0.2, 0.25) is 0 Å². The van der Waals surface area contributed by atoms with Gasteiger partial charge in [0.15, 0.2) is 6.29 Å². The molecule has 0 radical (unpaired) electrons. The Morgan fingerprint density at radius 3 is 2.47 bits per heavy atom. The molecule has 8 nitrogen and oxygen atoms in total. The van der Waals surface area contributed by atoms with Crippen LogP contribution >= 0.6 is 11.3 Å². The van der Waals surface area contributed by atoms with Gasteiger partial charge in [0.05, 0.1) is 30.1 Å². The number of hydrogen-bond acceptors (Lipinski definition) is 7. The summed E-state index contributed by atoms with van der Waals surface area (Å²) >= 11 is 1.27. The molecule has 0 saturated carbocycles. The molecule has 0 aliphatic carbocycles. The minimum atomic E-state index is -0.938. The average Bonchev–Trinajstić information content (AvgIpc) is 3.38. The fourth-order valence-corrected chi connectivity index (χ4v) is 3.97. The Morgan fingerprint density at radius 2 is 1.90 bits per heavy atom. The molecule has 3 amide bonds. The summed E-state index contributed by atoms with van der Waals surface area (Å²) in [6.07, 6.45) is -0.833. The first-order chi connectivity index (χ1) is 14.5. The molecule has 1 unspecified atom stereocenters. The number of rotatable bonds is 9. The predicted octanol–water partition coefficient (Wildman–Crippen LogP) is 2.54. The SMILES string of the molecule is CCOc1ccc(N2C(=O)CC(N(CC(OC)OC)C(=O)c3cccs3)C2=O)cc1. The van der Waals surface area contributed by atoms with Crippen LogP contribution in [0.1, 0.15) is 23.0 Å². The Labute approximate surface area is 178 Å². The van der Waals surface area contributed by atoms with Gasteiger partial charge in [-0.05, 0) is 42.6 Å². The monoisotopic (exact) mass is 432 g/mol.